The number of nitrogens with one attached hydrogen (secondary N) is 1. The lowest BCUT2D eigenvalue weighted by atomic mass is 10.2. The molecule has 18 heavy (non-hydrogen) atoms. The highest BCUT2D eigenvalue weighted by atomic mass is 32.2. The zero-order chi connectivity index (χ0) is 13.2. The Morgan fingerprint density at radius 2 is 2.11 bits per heavy atom. The summed E-state index contributed by atoms with van der Waals surface area (Å²) in [4.78, 5) is 11.4. The number of amides is 1. The SMILES string of the molecule is COCCCNC(=O)CSCc1ccc(F)cc1. The molecule has 1 aromatic carbocycles. The Balaban J connectivity index is 2.10. The topological polar surface area (TPSA) is 38.3 Å². The maximum absolute atomic E-state index is 12.7. The van der Waals surface area contributed by atoms with Crippen molar-refractivity contribution >= 4 is 17.7 Å². The van der Waals surface area contributed by atoms with Gasteiger partial charge in [0.2, 0.25) is 5.91 Å². The summed E-state index contributed by atoms with van der Waals surface area (Å²) in [6.45, 7) is 1.30. The average Bonchev–Trinajstić information content (AvgIpc) is 2.37. The number of hydrogen-bond acceptors (Lipinski definition) is 3. The number of benzene rings is 1. The van der Waals surface area contributed by atoms with Gasteiger partial charge in [0.1, 0.15) is 5.82 Å². The van der Waals surface area contributed by atoms with Crippen molar-refractivity contribution in [3.63, 3.8) is 0 Å². The molecule has 1 amide bonds. The van der Waals surface area contributed by atoms with Crippen molar-refractivity contribution in [2.75, 3.05) is 26.0 Å². The van der Waals surface area contributed by atoms with E-state index in [-0.39, 0.29) is 11.7 Å². The molecule has 0 bridgehead atoms. The summed E-state index contributed by atoms with van der Waals surface area (Å²) in [5, 5.41) is 2.81. The fourth-order valence-electron chi connectivity index (χ4n) is 1.34. The highest BCUT2D eigenvalue weighted by Crippen LogP contribution is 2.12. The second-order valence-corrected chi connectivity index (χ2v) is 4.80. The Bertz CT molecular complexity index is 357. The molecular weight excluding hydrogens is 253 g/mol. The summed E-state index contributed by atoms with van der Waals surface area (Å²) in [5.74, 6) is 0.925. The van der Waals surface area contributed by atoms with E-state index in [2.05, 4.69) is 5.32 Å². The number of methoxy groups -OCH3 is 1. The number of hydrogen-bond donors (Lipinski definition) is 1. The van der Waals surface area contributed by atoms with Gasteiger partial charge in [0.15, 0.2) is 0 Å². The molecule has 0 saturated carbocycles. The predicted octanol–water partition coefficient (Wildman–Crippen LogP) is 2.21. The minimum atomic E-state index is -0.236. The summed E-state index contributed by atoms with van der Waals surface area (Å²) in [7, 11) is 1.64. The highest BCUT2D eigenvalue weighted by Gasteiger charge is 2.01. The molecule has 100 valence electrons. The van der Waals surface area contributed by atoms with Crippen molar-refractivity contribution in [3.05, 3.63) is 35.6 Å². The van der Waals surface area contributed by atoms with Crippen LogP contribution in [0.5, 0.6) is 0 Å². The molecule has 5 heteroatoms. The first kappa shape index (κ1) is 15.0. The van der Waals surface area contributed by atoms with E-state index in [9.17, 15) is 9.18 Å². The summed E-state index contributed by atoms with van der Waals surface area (Å²) >= 11 is 1.52. The van der Waals surface area contributed by atoms with Crippen LogP contribution in [0.15, 0.2) is 24.3 Å². The molecule has 0 aliphatic heterocycles. The number of rotatable bonds is 8. The predicted molar refractivity (Wildman–Crippen MR) is 72.1 cm³/mol. The largest absolute Gasteiger partial charge is 0.385 e. The zero-order valence-electron chi connectivity index (χ0n) is 10.4. The number of ether oxygens (including phenoxy) is 1. The molecule has 0 fully saturated rings. The van der Waals surface area contributed by atoms with Crippen molar-refractivity contribution < 1.29 is 13.9 Å². The monoisotopic (exact) mass is 271 g/mol. The zero-order valence-corrected chi connectivity index (χ0v) is 11.3. The van der Waals surface area contributed by atoms with Gasteiger partial charge in [0, 0.05) is 26.0 Å². The van der Waals surface area contributed by atoms with Crippen LogP contribution in [0, 0.1) is 5.82 Å². The second kappa shape index (κ2) is 8.94. The maximum atomic E-state index is 12.7. The van der Waals surface area contributed by atoms with Crippen LogP contribution in [0.25, 0.3) is 0 Å². The van der Waals surface area contributed by atoms with Crippen LogP contribution in [-0.2, 0) is 15.3 Å². The maximum Gasteiger partial charge on any atom is 0.230 e. The van der Waals surface area contributed by atoms with E-state index >= 15 is 0 Å². The molecule has 0 atom stereocenters. The number of carbonyl (C=O) groups excluding carboxylic acids is 1. The van der Waals surface area contributed by atoms with E-state index in [0.717, 1.165) is 12.0 Å². The second-order valence-electron chi connectivity index (χ2n) is 3.82. The van der Waals surface area contributed by atoms with Crippen molar-refractivity contribution in [3.8, 4) is 0 Å². The lowest BCUT2D eigenvalue weighted by Gasteiger charge is -2.05. The molecule has 0 heterocycles. The molecule has 0 aliphatic carbocycles. The van der Waals surface area contributed by atoms with Gasteiger partial charge in [-0.2, -0.15) is 0 Å². The number of carbonyl (C=O) groups is 1. The van der Waals surface area contributed by atoms with Crippen molar-refractivity contribution in [1.82, 2.24) is 5.32 Å². The van der Waals surface area contributed by atoms with Crippen molar-refractivity contribution in [1.29, 1.82) is 0 Å². The van der Waals surface area contributed by atoms with E-state index in [0.29, 0.717) is 24.7 Å². The van der Waals surface area contributed by atoms with Crippen molar-refractivity contribution in [2.45, 2.75) is 12.2 Å². The highest BCUT2D eigenvalue weighted by molar-refractivity contribution is 7.99. The first-order valence-corrected chi connectivity index (χ1v) is 6.95. The molecule has 0 spiro atoms. The fourth-order valence-corrected chi connectivity index (χ4v) is 2.16. The summed E-state index contributed by atoms with van der Waals surface area (Å²) in [6, 6.07) is 6.33. The van der Waals surface area contributed by atoms with Gasteiger partial charge in [-0.3, -0.25) is 4.79 Å². The lowest BCUT2D eigenvalue weighted by Crippen LogP contribution is -2.26. The van der Waals surface area contributed by atoms with Crippen LogP contribution in [0.3, 0.4) is 0 Å². The van der Waals surface area contributed by atoms with E-state index in [1.54, 1.807) is 19.2 Å². The van der Waals surface area contributed by atoms with Gasteiger partial charge in [-0.1, -0.05) is 12.1 Å². The third-order valence-electron chi connectivity index (χ3n) is 2.26. The van der Waals surface area contributed by atoms with E-state index in [1.165, 1.54) is 23.9 Å². The summed E-state index contributed by atoms with van der Waals surface area (Å²) in [5.41, 5.74) is 1.02. The third-order valence-corrected chi connectivity index (χ3v) is 3.27. The van der Waals surface area contributed by atoms with Crippen molar-refractivity contribution in [2.24, 2.45) is 0 Å². The first-order valence-electron chi connectivity index (χ1n) is 5.80. The van der Waals surface area contributed by atoms with E-state index in [4.69, 9.17) is 4.74 Å². The van der Waals surface area contributed by atoms with Gasteiger partial charge in [0.05, 0.1) is 5.75 Å². The third kappa shape index (κ3) is 6.61. The van der Waals surface area contributed by atoms with Crippen LogP contribution < -0.4 is 5.32 Å². The van der Waals surface area contributed by atoms with Gasteiger partial charge in [0.25, 0.3) is 0 Å². The molecule has 0 radical (unpaired) electrons. The van der Waals surface area contributed by atoms with Gasteiger partial charge in [-0.25, -0.2) is 4.39 Å². The van der Waals surface area contributed by atoms with Gasteiger partial charge in [-0.15, -0.1) is 11.8 Å². The van der Waals surface area contributed by atoms with Crippen LogP contribution >= 0.6 is 11.8 Å². The Kier molecular flexibility index (Phi) is 7.44. The molecular formula is C13H18FNO2S. The number of halogens is 1. The lowest BCUT2D eigenvalue weighted by molar-refractivity contribution is -0.118. The van der Waals surface area contributed by atoms with Gasteiger partial charge < -0.3 is 10.1 Å². The Hall–Kier alpha value is -1.07. The molecule has 0 saturated heterocycles. The molecule has 0 aromatic heterocycles. The summed E-state index contributed by atoms with van der Waals surface area (Å²) < 4.78 is 17.5. The smallest absolute Gasteiger partial charge is 0.230 e. The fraction of sp³-hybridized carbons (Fsp3) is 0.462. The minimum absolute atomic E-state index is 0.0261. The van der Waals surface area contributed by atoms with Crippen LogP contribution in [0.4, 0.5) is 4.39 Å². The molecule has 1 N–H and O–H groups in total. The molecule has 3 nitrogen and oxygen atoms in total. The van der Waals surface area contributed by atoms with Crippen LogP contribution in [0.2, 0.25) is 0 Å². The first-order chi connectivity index (χ1) is 8.72. The standard InChI is InChI=1S/C13H18FNO2S/c1-17-8-2-7-15-13(16)10-18-9-11-3-5-12(14)6-4-11/h3-6H,2,7-10H2,1H3,(H,15,16). The molecule has 1 aromatic rings. The van der Waals surface area contributed by atoms with Gasteiger partial charge in [-0.05, 0) is 24.1 Å². The molecule has 0 unspecified atom stereocenters. The molecule has 0 aliphatic rings. The van der Waals surface area contributed by atoms with Crippen LogP contribution in [0.1, 0.15) is 12.0 Å². The van der Waals surface area contributed by atoms with Crippen LogP contribution in [-0.4, -0.2) is 31.9 Å². The summed E-state index contributed by atoms with van der Waals surface area (Å²) in [6.07, 6.45) is 0.824. The normalized spacial score (nSPS) is 10.3. The Morgan fingerprint density at radius 1 is 1.39 bits per heavy atom. The Labute approximate surface area is 111 Å². The average molecular weight is 271 g/mol. The van der Waals surface area contributed by atoms with Gasteiger partial charge >= 0.3 is 0 Å². The minimum Gasteiger partial charge on any atom is -0.385 e. The van der Waals surface area contributed by atoms with E-state index in [1.807, 2.05) is 0 Å². The van der Waals surface area contributed by atoms with E-state index < -0.39 is 0 Å². The molecule has 1 rings (SSSR count). The Morgan fingerprint density at radius 3 is 2.78 bits per heavy atom. The number of thioether (sulfide) groups is 1. The quantitative estimate of drug-likeness (QED) is 0.737.